The monoisotopic (exact) mass is 725 g/mol. The lowest BCUT2D eigenvalue weighted by atomic mass is 10.1. The van der Waals surface area contributed by atoms with Crippen LogP contribution in [0.2, 0.25) is 0 Å². The second-order valence-electron chi connectivity index (χ2n) is 13.5. The zero-order chi connectivity index (χ0) is 37.9. The van der Waals surface area contributed by atoms with E-state index in [1.54, 1.807) is 23.1 Å². The third-order valence-electron chi connectivity index (χ3n) is 9.57. The SMILES string of the molecule is CCN(CC)C(=O)CCc1cccc(Oc2nc(Nc3ccc(OCCN4CCN(C(C)C)CC4)c(F)c3)ncc2C(=O)Nc2c(C)cccc2C)c1. The molecule has 0 radical (unpaired) electrons. The minimum atomic E-state index is -0.517. The van der Waals surface area contributed by atoms with Crippen LogP contribution in [0.25, 0.3) is 0 Å². The van der Waals surface area contributed by atoms with E-state index in [9.17, 15) is 9.59 Å². The molecule has 0 bridgehead atoms. The smallest absolute Gasteiger partial charge is 0.262 e. The molecule has 0 saturated carbocycles. The Balaban J connectivity index is 1.30. The fourth-order valence-corrected chi connectivity index (χ4v) is 6.33. The van der Waals surface area contributed by atoms with Gasteiger partial charge in [0.2, 0.25) is 17.7 Å². The average molecular weight is 726 g/mol. The van der Waals surface area contributed by atoms with Crippen LogP contribution in [-0.4, -0.2) is 94.9 Å². The van der Waals surface area contributed by atoms with Crippen LogP contribution in [0.5, 0.6) is 17.4 Å². The first-order valence-corrected chi connectivity index (χ1v) is 18.5. The number of piperazine rings is 1. The Morgan fingerprint density at radius 1 is 0.962 bits per heavy atom. The van der Waals surface area contributed by atoms with Crippen LogP contribution in [0.3, 0.4) is 0 Å². The molecule has 2 amide bonds. The predicted octanol–water partition coefficient (Wildman–Crippen LogP) is 7.23. The molecule has 1 aliphatic rings. The van der Waals surface area contributed by atoms with Crippen LogP contribution in [0.15, 0.2) is 66.9 Å². The summed E-state index contributed by atoms with van der Waals surface area (Å²) in [6, 6.07) is 18.3. The molecular formula is C41H52FN7O4. The average Bonchev–Trinajstić information content (AvgIpc) is 3.14. The number of hydrogen-bond acceptors (Lipinski definition) is 9. The summed E-state index contributed by atoms with van der Waals surface area (Å²) in [6.45, 7) is 18.6. The van der Waals surface area contributed by atoms with E-state index in [0.29, 0.717) is 55.7 Å². The number of halogens is 1. The molecule has 1 fully saturated rings. The molecular weight excluding hydrogens is 673 g/mol. The maximum absolute atomic E-state index is 15.2. The summed E-state index contributed by atoms with van der Waals surface area (Å²) in [5, 5.41) is 6.02. The zero-order valence-electron chi connectivity index (χ0n) is 31.7. The molecule has 53 heavy (non-hydrogen) atoms. The van der Waals surface area contributed by atoms with Gasteiger partial charge in [-0.15, -0.1) is 0 Å². The highest BCUT2D eigenvalue weighted by Gasteiger charge is 2.21. The third-order valence-corrected chi connectivity index (χ3v) is 9.57. The molecule has 2 N–H and O–H groups in total. The van der Waals surface area contributed by atoms with Crippen molar-refractivity contribution >= 4 is 29.1 Å². The van der Waals surface area contributed by atoms with Crippen molar-refractivity contribution in [1.82, 2.24) is 24.7 Å². The van der Waals surface area contributed by atoms with Gasteiger partial charge >= 0.3 is 0 Å². The maximum Gasteiger partial charge on any atom is 0.262 e. The van der Waals surface area contributed by atoms with Gasteiger partial charge in [0.15, 0.2) is 11.6 Å². The van der Waals surface area contributed by atoms with Gasteiger partial charge in [-0.05, 0) is 88.9 Å². The molecule has 0 atom stereocenters. The van der Waals surface area contributed by atoms with E-state index in [1.807, 2.05) is 64.1 Å². The minimum Gasteiger partial charge on any atom is -0.489 e. The number of benzene rings is 3. The summed E-state index contributed by atoms with van der Waals surface area (Å²) in [5.74, 6) is -0.145. The van der Waals surface area contributed by atoms with E-state index in [0.717, 1.165) is 49.4 Å². The Bertz CT molecular complexity index is 1840. The normalized spacial score (nSPS) is 13.5. The topological polar surface area (TPSA) is 112 Å². The summed E-state index contributed by atoms with van der Waals surface area (Å²) >= 11 is 0. The molecule has 11 nitrogen and oxygen atoms in total. The summed E-state index contributed by atoms with van der Waals surface area (Å²) in [6.07, 6.45) is 2.28. The lowest BCUT2D eigenvalue weighted by Gasteiger charge is -2.36. The van der Waals surface area contributed by atoms with E-state index >= 15 is 4.39 Å². The fraction of sp³-hybridized carbons (Fsp3) is 0.415. The van der Waals surface area contributed by atoms with Crippen LogP contribution in [0.1, 0.15) is 61.2 Å². The molecule has 1 saturated heterocycles. The van der Waals surface area contributed by atoms with Crippen molar-refractivity contribution in [2.24, 2.45) is 0 Å². The molecule has 282 valence electrons. The molecule has 1 aliphatic heterocycles. The molecule has 2 heterocycles. The Morgan fingerprint density at radius 3 is 2.36 bits per heavy atom. The number of carbonyl (C=O) groups is 2. The van der Waals surface area contributed by atoms with E-state index < -0.39 is 11.7 Å². The second-order valence-corrected chi connectivity index (χ2v) is 13.5. The van der Waals surface area contributed by atoms with Gasteiger partial charge in [0.25, 0.3) is 5.91 Å². The van der Waals surface area contributed by atoms with Gasteiger partial charge in [-0.2, -0.15) is 4.98 Å². The molecule has 1 aromatic heterocycles. The first-order chi connectivity index (χ1) is 25.5. The Hall–Kier alpha value is -5.07. The molecule has 5 rings (SSSR count). The van der Waals surface area contributed by atoms with Gasteiger partial charge in [-0.1, -0.05) is 30.3 Å². The van der Waals surface area contributed by atoms with Crippen molar-refractivity contribution in [2.45, 2.75) is 60.4 Å². The number of hydrogen-bond donors (Lipinski definition) is 2. The Morgan fingerprint density at radius 2 is 1.68 bits per heavy atom. The number of aryl methyl sites for hydroxylation is 3. The number of aromatic nitrogens is 2. The molecule has 0 aliphatic carbocycles. The number of carbonyl (C=O) groups excluding carboxylic acids is 2. The highest BCUT2D eigenvalue weighted by Crippen LogP contribution is 2.29. The fourth-order valence-electron chi connectivity index (χ4n) is 6.33. The summed E-state index contributed by atoms with van der Waals surface area (Å²) in [7, 11) is 0. The van der Waals surface area contributed by atoms with Gasteiger partial charge in [0.1, 0.15) is 17.9 Å². The molecule has 3 aromatic carbocycles. The van der Waals surface area contributed by atoms with Crippen LogP contribution < -0.4 is 20.1 Å². The summed E-state index contributed by atoms with van der Waals surface area (Å²) in [4.78, 5) is 41.8. The van der Waals surface area contributed by atoms with Crippen molar-refractivity contribution in [1.29, 1.82) is 0 Å². The highest BCUT2D eigenvalue weighted by atomic mass is 19.1. The van der Waals surface area contributed by atoms with Crippen molar-refractivity contribution in [3.05, 3.63) is 94.9 Å². The van der Waals surface area contributed by atoms with E-state index in [-0.39, 0.29) is 29.0 Å². The van der Waals surface area contributed by atoms with Crippen molar-refractivity contribution < 1.29 is 23.5 Å². The number of ether oxygens (including phenoxy) is 2. The maximum atomic E-state index is 15.2. The second kappa shape index (κ2) is 18.6. The standard InChI is InChI=1S/C41H52FN7O4/c1-7-48(8-2)37(50)18-15-31-13-10-14-33(25-31)53-40-34(39(51)45-38-29(5)11-9-12-30(38)6)27-43-41(46-40)44-32-16-17-36(35(42)26-32)52-24-23-47-19-21-49(22-20-47)28(3)4/h9-14,16-17,25-28H,7-8,15,18-24H2,1-6H3,(H,45,51)(H,43,44,46). The van der Waals surface area contributed by atoms with Gasteiger partial charge in [0.05, 0.1) is 0 Å². The van der Waals surface area contributed by atoms with Gasteiger partial charge in [-0.3, -0.25) is 19.4 Å². The van der Waals surface area contributed by atoms with Gasteiger partial charge < -0.3 is 25.0 Å². The lowest BCUT2D eigenvalue weighted by molar-refractivity contribution is -0.130. The van der Waals surface area contributed by atoms with Crippen molar-refractivity contribution in [3.8, 4) is 17.4 Å². The van der Waals surface area contributed by atoms with Crippen LogP contribution >= 0.6 is 0 Å². The van der Waals surface area contributed by atoms with Crippen LogP contribution in [0.4, 0.5) is 21.7 Å². The third kappa shape index (κ3) is 10.7. The first kappa shape index (κ1) is 39.1. The van der Waals surface area contributed by atoms with Crippen molar-refractivity contribution in [3.63, 3.8) is 0 Å². The van der Waals surface area contributed by atoms with Crippen LogP contribution in [-0.2, 0) is 11.2 Å². The highest BCUT2D eigenvalue weighted by molar-refractivity contribution is 6.06. The number of anilines is 3. The molecule has 0 unspecified atom stereocenters. The largest absolute Gasteiger partial charge is 0.489 e. The number of nitrogens with zero attached hydrogens (tertiary/aromatic N) is 5. The van der Waals surface area contributed by atoms with Gasteiger partial charge in [0, 0.05) is 81.9 Å². The number of para-hydroxylation sites is 1. The summed E-state index contributed by atoms with van der Waals surface area (Å²) in [5.41, 5.74) is 3.93. The zero-order valence-corrected chi connectivity index (χ0v) is 31.7. The molecule has 0 spiro atoms. The van der Waals surface area contributed by atoms with Crippen molar-refractivity contribution in [2.75, 3.05) is 63.1 Å². The molecule has 4 aromatic rings. The number of rotatable bonds is 16. The van der Waals surface area contributed by atoms with Crippen LogP contribution in [0, 0.1) is 19.7 Å². The quantitative estimate of drug-likeness (QED) is 0.124. The molecule has 12 heteroatoms. The van der Waals surface area contributed by atoms with E-state index in [1.165, 1.54) is 12.3 Å². The minimum absolute atomic E-state index is 0.0113. The Labute approximate surface area is 312 Å². The summed E-state index contributed by atoms with van der Waals surface area (Å²) < 4.78 is 27.2. The predicted molar refractivity (Wildman–Crippen MR) is 207 cm³/mol. The van der Waals surface area contributed by atoms with E-state index in [4.69, 9.17) is 9.47 Å². The number of amides is 2. The Kier molecular flexibility index (Phi) is 13.7. The lowest BCUT2D eigenvalue weighted by Crippen LogP contribution is -2.49. The van der Waals surface area contributed by atoms with E-state index in [2.05, 4.69) is 44.2 Å². The van der Waals surface area contributed by atoms with Gasteiger partial charge in [-0.25, -0.2) is 9.37 Å². The number of nitrogens with one attached hydrogen (secondary N) is 2. The first-order valence-electron chi connectivity index (χ1n) is 18.5.